The normalized spacial score (nSPS) is 19.9. The fourth-order valence-corrected chi connectivity index (χ4v) is 5.71. The van der Waals surface area contributed by atoms with E-state index in [1.165, 1.54) is 38.5 Å². The molecule has 1 aromatic rings. The number of thiazole rings is 1. The van der Waals surface area contributed by atoms with Crippen molar-refractivity contribution in [3.05, 3.63) is 10.0 Å². The molecule has 1 atom stereocenters. The molecule has 1 unspecified atom stereocenters. The van der Waals surface area contributed by atoms with E-state index in [0.717, 1.165) is 37.0 Å². The van der Waals surface area contributed by atoms with Crippen molar-refractivity contribution in [1.82, 2.24) is 9.88 Å². The van der Waals surface area contributed by atoms with E-state index in [1.807, 2.05) is 0 Å². The molecule has 0 spiro atoms. The fraction of sp³-hybridized carbons (Fsp3) is 0.750. The Morgan fingerprint density at radius 3 is 2.14 bits per heavy atom. The first-order chi connectivity index (χ1) is 13.5. The van der Waals surface area contributed by atoms with Crippen LogP contribution in [0, 0.1) is 0 Å². The van der Waals surface area contributed by atoms with Crippen molar-refractivity contribution in [2.45, 2.75) is 95.6 Å². The van der Waals surface area contributed by atoms with Gasteiger partial charge in [-0.15, -0.1) is 0 Å². The number of nitrogens with zero attached hydrogens (tertiary/aromatic N) is 2. The second-order valence-corrected chi connectivity index (χ2v) is 9.50. The summed E-state index contributed by atoms with van der Waals surface area (Å²) < 4.78 is 0.339. The Morgan fingerprint density at radius 1 is 1.14 bits per heavy atom. The summed E-state index contributed by atoms with van der Waals surface area (Å²) in [6, 6.07) is 0.461. The standard InChI is InChI=1S/C20H30ClN3O3S/c1-2-15(18(25)26)16-17(21)28-19(22-16)23-20(27)24(13-9-5-3-6-10-13)14-11-7-4-8-12-14/h13-15H,2-12H2,1H3,(H,25,26)(H,22,23,27). The fourth-order valence-electron chi connectivity index (χ4n) is 4.57. The molecule has 0 aromatic carbocycles. The number of carboxylic acids is 1. The van der Waals surface area contributed by atoms with Crippen LogP contribution in [-0.4, -0.2) is 39.1 Å². The lowest BCUT2D eigenvalue weighted by atomic mass is 9.89. The third kappa shape index (κ3) is 4.98. The van der Waals surface area contributed by atoms with Crippen LogP contribution in [0.15, 0.2) is 0 Å². The molecule has 6 nitrogen and oxygen atoms in total. The SMILES string of the molecule is CCC(C(=O)O)c1nc(NC(=O)N(C2CCCCC2)C2CCCCC2)sc1Cl. The van der Waals surface area contributed by atoms with Gasteiger partial charge in [0.1, 0.15) is 10.3 Å². The maximum atomic E-state index is 13.2. The van der Waals surface area contributed by atoms with Crippen LogP contribution < -0.4 is 5.32 Å². The Kier molecular flexibility index (Phi) is 7.57. The number of aromatic nitrogens is 1. The molecule has 1 aromatic heterocycles. The Labute approximate surface area is 175 Å². The molecule has 0 bridgehead atoms. The molecule has 0 aliphatic heterocycles. The van der Waals surface area contributed by atoms with E-state index in [9.17, 15) is 14.7 Å². The van der Waals surface area contributed by atoms with Crippen molar-refractivity contribution in [1.29, 1.82) is 0 Å². The third-order valence-corrected chi connectivity index (χ3v) is 7.23. The maximum Gasteiger partial charge on any atom is 0.324 e. The second kappa shape index (κ2) is 9.92. The first-order valence-electron chi connectivity index (χ1n) is 10.5. The van der Waals surface area contributed by atoms with Gasteiger partial charge in [-0.05, 0) is 32.1 Å². The number of carbonyl (C=O) groups excluding carboxylic acids is 1. The van der Waals surface area contributed by atoms with Crippen LogP contribution in [0.4, 0.5) is 9.93 Å². The molecule has 3 rings (SSSR count). The largest absolute Gasteiger partial charge is 0.481 e. The topological polar surface area (TPSA) is 82.5 Å². The van der Waals surface area contributed by atoms with Crippen molar-refractivity contribution in [2.75, 3.05) is 5.32 Å². The highest BCUT2D eigenvalue weighted by molar-refractivity contribution is 7.19. The van der Waals surface area contributed by atoms with Crippen LogP contribution in [0.25, 0.3) is 0 Å². The van der Waals surface area contributed by atoms with E-state index in [2.05, 4.69) is 15.2 Å². The van der Waals surface area contributed by atoms with Gasteiger partial charge >= 0.3 is 12.0 Å². The van der Waals surface area contributed by atoms with Crippen LogP contribution >= 0.6 is 22.9 Å². The summed E-state index contributed by atoms with van der Waals surface area (Å²) in [7, 11) is 0. The number of urea groups is 1. The number of amides is 2. The molecule has 1 heterocycles. The van der Waals surface area contributed by atoms with E-state index < -0.39 is 11.9 Å². The van der Waals surface area contributed by atoms with Gasteiger partial charge in [0.15, 0.2) is 5.13 Å². The summed E-state index contributed by atoms with van der Waals surface area (Å²) in [5.74, 6) is -1.69. The number of nitrogens with one attached hydrogen (secondary N) is 1. The molecule has 2 amide bonds. The average molecular weight is 428 g/mol. The molecule has 8 heteroatoms. The highest BCUT2D eigenvalue weighted by Crippen LogP contribution is 2.36. The highest BCUT2D eigenvalue weighted by Gasteiger charge is 2.33. The lowest BCUT2D eigenvalue weighted by molar-refractivity contribution is -0.138. The lowest BCUT2D eigenvalue weighted by Gasteiger charge is -2.41. The van der Waals surface area contributed by atoms with E-state index in [1.54, 1.807) is 6.92 Å². The number of carboxylic acid groups (broad SMARTS) is 1. The first kappa shape index (κ1) is 21.4. The Balaban J connectivity index is 1.76. The van der Waals surface area contributed by atoms with Crippen LogP contribution in [-0.2, 0) is 4.79 Å². The third-order valence-electron chi connectivity index (χ3n) is 6.03. The van der Waals surface area contributed by atoms with Gasteiger partial charge in [0, 0.05) is 12.1 Å². The number of hydrogen-bond acceptors (Lipinski definition) is 4. The van der Waals surface area contributed by atoms with E-state index in [-0.39, 0.29) is 18.1 Å². The maximum absolute atomic E-state index is 13.2. The van der Waals surface area contributed by atoms with E-state index >= 15 is 0 Å². The van der Waals surface area contributed by atoms with Crippen LogP contribution in [0.1, 0.15) is 89.2 Å². The molecular formula is C20H30ClN3O3S. The van der Waals surface area contributed by atoms with E-state index in [0.29, 0.717) is 21.6 Å². The predicted molar refractivity (Wildman–Crippen MR) is 112 cm³/mol. The predicted octanol–water partition coefficient (Wildman–Crippen LogP) is 5.87. The summed E-state index contributed by atoms with van der Waals surface area (Å²) in [6.07, 6.45) is 11.8. The van der Waals surface area contributed by atoms with Gasteiger partial charge in [0.05, 0.1) is 5.69 Å². The average Bonchev–Trinajstić information content (AvgIpc) is 3.03. The molecule has 0 saturated heterocycles. The number of hydrogen-bond donors (Lipinski definition) is 2. The number of halogens is 1. The van der Waals surface area contributed by atoms with Gasteiger partial charge in [0.25, 0.3) is 0 Å². The zero-order chi connectivity index (χ0) is 20.1. The van der Waals surface area contributed by atoms with Crippen molar-refractivity contribution in [3.8, 4) is 0 Å². The summed E-state index contributed by atoms with van der Waals surface area (Å²) in [4.78, 5) is 31.1. The van der Waals surface area contributed by atoms with Crippen molar-refractivity contribution < 1.29 is 14.7 Å². The number of rotatable bonds is 6. The molecular weight excluding hydrogens is 398 g/mol. The summed E-state index contributed by atoms with van der Waals surface area (Å²) >= 11 is 7.40. The summed E-state index contributed by atoms with van der Waals surface area (Å²) in [6.45, 7) is 1.79. The van der Waals surface area contributed by atoms with Gasteiger partial charge < -0.3 is 10.0 Å². The molecule has 2 aliphatic carbocycles. The minimum Gasteiger partial charge on any atom is -0.481 e. The van der Waals surface area contributed by atoms with Crippen molar-refractivity contribution in [2.24, 2.45) is 0 Å². The monoisotopic (exact) mass is 427 g/mol. The molecule has 0 radical (unpaired) electrons. The van der Waals surface area contributed by atoms with Crippen LogP contribution in [0.3, 0.4) is 0 Å². The quantitative estimate of drug-likeness (QED) is 0.594. The minimum absolute atomic E-state index is 0.112. The van der Waals surface area contributed by atoms with Gasteiger partial charge in [-0.2, -0.15) is 0 Å². The minimum atomic E-state index is -0.946. The molecule has 2 aliphatic rings. The number of anilines is 1. The summed E-state index contributed by atoms with van der Waals surface area (Å²) in [5.41, 5.74) is 0.346. The second-order valence-electron chi connectivity index (χ2n) is 7.90. The van der Waals surface area contributed by atoms with Crippen molar-refractivity contribution >= 4 is 40.1 Å². The Bertz CT molecular complexity index is 666. The van der Waals surface area contributed by atoms with Gasteiger partial charge in [-0.3, -0.25) is 10.1 Å². The lowest BCUT2D eigenvalue weighted by Crippen LogP contribution is -2.50. The molecule has 28 heavy (non-hydrogen) atoms. The Hall–Kier alpha value is -1.34. The van der Waals surface area contributed by atoms with Crippen molar-refractivity contribution in [3.63, 3.8) is 0 Å². The molecule has 2 saturated carbocycles. The first-order valence-corrected chi connectivity index (χ1v) is 11.7. The molecule has 2 N–H and O–H groups in total. The Morgan fingerprint density at radius 2 is 1.68 bits per heavy atom. The van der Waals surface area contributed by atoms with Gasteiger partial charge in [0.2, 0.25) is 0 Å². The zero-order valence-electron chi connectivity index (χ0n) is 16.5. The van der Waals surface area contributed by atoms with Crippen LogP contribution in [0.2, 0.25) is 4.34 Å². The van der Waals surface area contributed by atoms with Gasteiger partial charge in [-0.25, -0.2) is 9.78 Å². The highest BCUT2D eigenvalue weighted by atomic mass is 35.5. The van der Waals surface area contributed by atoms with E-state index in [4.69, 9.17) is 11.6 Å². The molecule has 2 fully saturated rings. The van der Waals surface area contributed by atoms with Gasteiger partial charge in [-0.1, -0.05) is 68.4 Å². The number of aliphatic carboxylic acids is 1. The number of carbonyl (C=O) groups is 2. The smallest absolute Gasteiger partial charge is 0.324 e. The zero-order valence-corrected chi connectivity index (χ0v) is 18.0. The van der Waals surface area contributed by atoms with Crippen LogP contribution in [0.5, 0.6) is 0 Å². The summed E-state index contributed by atoms with van der Waals surface area (Å²) in [5, 5.41) is 12.7. The molecule has 156 valence electrons.